The molecule has 0 saturated heterocycles. The summed E-state index contributed by atoms with van der Waals surface area (Å²) in [6, 6.07) is 4.07. The molecule has 1 N–H and O–H groups in total. The molecule has 0 aromatic heterocycles. The highest BCUT2D eigenvalue weighted by atomic mass is 79.9. The van der Waals surface area contributed by atoms with Crippen LogP contribution in [0.5, 0.6) is 0 Å². The molecule has 5 heteroatoms. The van der Waals surface area contributed by atoms with E-state index in [2.05, 4.69) is 40.0 Å². The number of halogens is 2. The standard InChI is InChI=1S/C14H20BrFN2O/c1-3-18(4-2)9-5-8-17-14(19)12-7-6-11(16)10-13(12)15/h6-7,10H,3-5,8-9H2,1-2H3,(H,17,19). The Hall–Kier alpha value is -0.940. The zero-order valence-corrected chi connectivity index (χ0v) is 13.0. The second-order valence-electron chi connectivity index (χ2n) is 4.26. The van der Waals surface area contributed by atoms with Gasteiger partial charge in [0.1, 0.15) is 5.82 Å². The van der Waals surface area contributed by atoms with Gasteiger partial charge in [-0.2, -0.15) is 0 Å². The summed E-state index contributed by atoms with van der Waals surface area (Å²) in [4.78, 5) is 14.2. The maximum atomic E-state index is 12.9. The molecule has 1 rings (SSSR count). The van der Waals surface area contributed by atoms with Crippen LogP contribution in [0.1, 0.15) is 30.6 Å². The molecular formula is C14H20BrFN2O. The first-order valence-electron chi connectivity index (χ1n) is 6.54. The van der Waals surface area contributed by atoms with Gasteiger partial charge >= 0.3 is 0 Å². The fourth-order valence-electron chi connectivity index (χ4n) is 1.81. The van der Waals surface area contributed by atoms with Crippen molar-refractivity contribution in [3.05, 3.63) is 34.1 Å². The van der Waals surface area contributed by atoms with E-state index in [1.807, 2.05) is 0 Å². The molecule has 0 aliphatic rings. The van der Waals surface area contributed by atoms with Crippen molar-refractivity contribution in [2.75, 3.05) is 26.2 Å². The summed E-state index contributed by atoms with van der Waals surface area (Å²) in [5.74, 6) is -0.531. The molecule has 0 aliphatic carbocycles. The quantitative estimate of drug-likeness (QED) is 0.779. The molecule has 0 heterocycles. The Balaban J connectivity index is 2.39. The van der Waals surface area contributed by atoms with Crippen LogP contribution >= 0.6 is 15.9 Å². The number of hydrogen-bond acceptors (Lipinski definition) is 2. The summed E-state index contributed by atoms with van der Waals surface area (Å²) in [6.45, 7) is 7.88. The smallest absolute Gasteiger partial charge is 0.252 e. The Morgan fingerprint density at radius 1 is 1.37 bits per heavy atom. The van der Waals surface area contributed by atoms with Crippen molar-refractivity contribution in [3.63, 3.8) is 0 Å². The van der Waals surface area contributed by atoms with Gasteiger partial charge in [-0.25, -0.2) is 4.39 Å². The highest BCUT2D eigenvalue weighted by molar-refractivity contribution is 9.10. The number of rotatable bonds is 7. The molecule has 0 aliphatic heterocycles. The lowest BCUT2D eigenvalue weighted by Crippen LogP contribution is -2.30. The third-order valence-electron chi connectivity index (χ3n) is 3.01. The number of benzene rings is 1. The van der Waals surface area contributed by atoms with Crippen molar-refractivity contribution in [1.82, 2.24) is 10.2 Å². The van der Waals surface area contributed by atoms with Gasteiger partial charge in [0.05, 0.1) is 5.56 Å². The third-order valence-corrected chi connectivity index (χ3v) is 3.66. The summed E-state index contributed by atoms with van der Waals surface area (Å²) in [5.41, 5.74) is 0.462. The molecule has 0 spiro atoms. The maximum Gasteiger partial charge on any atom is 0.252 e. The van der Waals surface area contributed by atoms with Crippen LogP contribution in [0, 0.1) is 5.82 Å². The summed E-state index contributed by atoms with van der Waals surface area (Å²) in [6.07, 6.45) is 0.909. The minimum absolute atomic E-state index is 0.175. The first kappa shape index (κ1) is 16.1. The summed E-state index contributed by atoms with van der Waals surface area (Å²) >= 11 is 3.19. The molecule has 19 heavy (non-hydrogen) atoms. The summed E-state index contributed by atoms with van der Waals surface area (Å²) in [7, 11) is 0. The Morgan fingerprint density at radius 3 is 2.63 bits per heavy atom. The van der Waals surface area contributed by atoms with Crippen molar-refractivity contribution in [2.24, 2.45) is 0 Å². The van der Waals surface area contributed by atoms with Crippen molar-refractivity contribution >= 4 is 21.8 Å². The number of nitrogens with one attached hydrogen (secondary N) is 1. The van der Waals surface area contributed by atoms with E-state index in [4.69, 9.17) is 0 Å². The van der Waals surface area contributed by atoms with Gasteiger partial charge in [-0.3, -0.25) is 4.79 Å². The Bertz CT molecular complexity index is 422. The molecule has 0 bridgehead atoms. The van der Waals surface area contributed by atoms with Gasteiger partial charge in [0.15, 0.2) is 0 Å². The van der Waals surface area contributed by atoms with Gasteiger partial charge in [0.2, 0.25) is 0 Å². The summed E-state index contributed by atoms with van der Waals surface area (Å²) in [5, 5.41) is 2.84. The minimum Gasteiger partial charge on any atom is -0.352 e. The van der Waals surface area contributed by atoms with E-state index in [-0.39, 0.29) is 11.7 Å². The van der Waals surface area contributed by atoms with Crippen LogP contribution in [-0.2, 0) is 0 Å². The van der Waals surface area contributed by atoms with Crippen LogP contribution in [0.25, 0.3) is 0 Å². The van der Waals surface area contributed by atoms with Crippen molar-refractivity contribution < 1.29 is 9.18 Å². The molecular weight excluding hydrogens is 311 g/mol. The molecule has 1 aromatic carbocycles. The van der Waals surface area contributed by atoms with Gasteiger partial charge in [-0.05, 0) is 60.2 Å². The van der Waals surface area contributed by atoms with Crippen LogP contribution in [0.4, 0.5) is 4.39 Å². The lowest BCUT2D eigenvalue weighted by atomic mass is 10.2. The second-order valence-corrected chi connectivity index (χ2v) is 5.11. The van der Waals surface area contributed by atoms with Crippen LogP contribution < -0.4 is 5.32 Å². The largest absolute Gasteiger partial charge is 0.352 e. The van der Waals surface area contributed by atoms with E-state index in [1.54, 1.807) is 0 Å². The highest BCUT2D eigenvalue weighted by Crippen LogP contribution is 2.17. The van der Waals surface area contributed by atoms with Gasteiger partial charge in [0.25, 0.3) is 5.91 Å². The zero-order valence-electron chi connectivity index (χ0n) is 11.4. The van der Waals surface area contributed by atoms with Gasteiger partial charge < -0.3 is 10.2 Å². The van der Waals surface area contributed by atoms with E-state index < -0.39 is 0 Å². The van der Waals surface area contributed by atoms with Crippen LogP contribution in [-0.4, -0.2) is 37.0 Å². The first-order chi connectivity index (χ1) is 9.08. The van der Waals surface area contributed by atoms with Crippen molar-refractivity contribution in [3.8, 4) is 0 Å². The predicted octanol–water partition coefficient (Wildman–Crippen LogP) is 3.05. The summed E-state index contributed by atoms with van der Waals surface area (Å²) < 4.78 is 13.4. The minimum atomic E-state index is -0.357. The Morgan fingerprint density at radius 2 is 2.05 bits per heavy atom. The number of nitrogens with zero attached hydrogens (tertiary/aromatic N) is 1. The molecule has 0 atom stereocenters. The number of carbonyl (C=O) groups is 1. The molecule has 0 unspecified atom stereocenters. The fourth-order valence-corrected chi connectivity index (χ4v) is 2.34. The molecule has 106 valence electrons. The average Bonchev–Trinajstić information content (AvgIpc) is 2.38. The fraction of sp³-hybridized carbons (Fsp3) is 0.500. The van der Waals surface area contributed by atoms with E-state index in [9.17, 15) is 9.18 Å². The predicted molar refractivity (Wildman–Crippen MR) is 78.8 cm³/mol. The van der Waals surface area contributed by atoms with Crippen molar-refractivity contribution in [2.45, 2.75) is 20.3 Å². The van der Waals surface area contributed by atoms with Crippen LogP contribution in [0.2, 0.25) is 0 Å². The highest BCUT2D eigenvalue weighted by Gasteiger charge is 2.10. The molecule has 3 nitrogen and oxygen atoms in total. The van der Waals surface area contributed by atoms with Gasteiger partial charge in [-0.1, -0.05) is 13.8 Å². The monoisotopic (exact) mass is 330 g/mol. The lowest BCUT2D eigenvalue weighted by molar-refractivity contribution is 0.0951. The Kier molecular flexibility index (Phi) is 7.02. The van der Waals surface area contributed by atoms with Crippen LogP contribution in [0.15, 0.2) is 22.7 Å². The zero-order chi connectivity index (χ0) is 14.3. The molecule has 1 amide bonds. The topological polar surface area (TPSA) is 32.3 Å². The molecule has 0 fully saturated rings. The number of hydrogen-bond donors (Lipinski definition) is 1. The second kappa shape index (κ2) is 8.27. The van der Waals surface area contributed by atoms with E-state index in [1.165, 1.54) is 18.2 Å². The van der Waals surface area contributed by atoms with Crippen LogP contribution in [0.3, 0.4) is 0 Å². The average molecular weight is 331 g/mol. The SMILES string of the molecule is CCN(CC)CCCNC(=O)c1ccc(F)cc1Br. The molecule has 0 saturated carbocycles. The van der Waals surface area contributed by atoms with E-state index >= 15 is 0 Å². The molecule has 1 aromatic rings. The number of carbonyl (C=O) groups excluding carboxylic acids is 1. The van der Waals surface area contributed by atoms with E-state index in [0.717, 1.165) is 26.1 Å². The van der Waals surface area contributed by atoms with E-state index in [0.29, 0.717) is 16.6 Å². The van der Waals surface area contributed by atoms with Crippen molar-refractivity contribution in [1.29, 1.82) is 0 Å². The first-order valence-corrected chi connectivity index (χ1v) is 7.33. The third kappa shape index (κ3) is 5.28. The van der Waals surface area contributed by atoms with Gasteiger partial charge in [0, 0.05) is 11.0 Å². The number of amides is 1. The normalized spacial score (nSPS) is 10.8. The Labute approximate surface area is 122 Å². The molecule has 0 radical (unpaired) electrons. The van der Waals surface area contributed by atoms with Gasteiger partial charge in [-0.15, -0.1) is 0 Å². The lowest BCUT2D eigenvalue weighted by Gasteiger charge is -2.17. The maximum absolute atomic E-state index is 12.9.